The zero-order valence-corrected chi connectivity index (χ0v) is 9.34. The number of nitrogens with one attached hydrogen (secondary N) is 1. The average Bonchev–Trinajstić information content (AvgIpc) is 2.14. The Morgan fingerprint density at radius 3 is 2.44 bits per heavy atom. The maximum Gasteiger partial charge on any atom is 0.404 e. The molecular formula is C10H18F2N2O2. The average molecular weight is 236 g/mol. The summed E-state index contributed by atoms with van der Waals surface area (Å²) in [4.78, 5) is 10.5. The molecule has 1 rings (SSSR count). The van der Waals surface area contributed by atoms with Gasteiger partial charge in [-0.3, -0.25) is 0 Å². The van der Waals surface area contributed by atoms with Crippen LogP contribution in [-0.4, -0.2) is 30.7 Å². The van der Waals surface area contributed by atoms with E-state index in [9.17, 15) is 13.6 Å². The zero-order chi connectivity index (χ0) is 12.2. The second-order valence-corrected chi connectivity index (χ2v) is 4.36. The summed E-state index contributed by atoms with van der Waals surface area (Å²) >= 11 is 0. The summed E-state index contributed by atoms with van der Waals surface area (Å²) in [5.74, 6) is -2.68. The van der Waals surface area contributed by atoms with Crippen LogP contribution in [0.3, 0.4) is 0 Å². The molecule has 0 saturated heterocycles. The Morgan fingerprint density at radius 1 is 1.44 bits per heavy atom. The van der Waals surface area contributed by atoms with Crippen LogP contribution < -0.4 is 11.1 Å². The summed E-state index contributed by atoms with van der Waals surface area (Å²) in [5, 5.41) is 2.81. The van der Waals surface area contributed by atoms with Crippen LogP contribution in [0.4, 0.5) is 13.6 Å². The molecule has 0 aromatic heterocycles. The molecule has 0 bridgehead atoms. The number of rotatable bonds is 4. The van der Waals surface area contributed by atoms with Crippen LogP contribution >= 0.6 is 0 Å². The molecule has 1 aliphatic carbocycles. The van der Waals surface area contributed by atoms with Gasteiger partial charge in [0, 0.05) is 13.0 Å². The van der Waals surface area contributed by atoms with Crippen molar-refractivity contribution in [2.24, 2.45) is 5.73 Å². The number of carbonyl (C=O) groups is 1. The van der Waals surface area contributed by atoms with Gasteiger partial charge in [-0.05, 0) is 25.7 Å². The van der Waals surface area contributed by atoms with E-state index >= 15 is 0 Å². The molecule has 0 radical (unpaired) electrons. The van der Waals surface area contributed by atoms with E-state index < -0.39 is 12.0 Å². The number of hydrogen-bond acceptors (Lipinski definition) is 3. The summed E-state index contributed by atoms with van der Waals surface area (Å²) in [6.07, 6.45) is 1.89. The molecule has 4 nitrogen and oxygen atoms in total. The lowest BCUT2D eigenvalue weighted by Gasteiger charge is -2.29. The van der Waals surface area contributed by atoms with Gasteiger partial charge in [0.2, 0.25) is 0 Å². The Morgan fingerprint density at radius 2 is 2.00 bits per heavy atom. The van der Waals surface area contributed by atoms with E-state index in [2.05, 4.69) is 5.32 Å². The Bertz CT molecular complexity index is 235. The number of ether oxygens (including phenoxy) is 1. The second-order valence-electron chi connectivity index (χ2n) is 4.36. The van der Waals surface area contributed by atoms with Crippen LogP contribution in [0.5, 0.6) is 0 Å². The van der Waals surface area contributed by atoms with Gasteiger partial charge in [-0.15, -0.1) is 0 Å². The molecular weight excluding hydrogens is 218 g/mol. The molecule has 0 spiro atoms. The first kappa shape index (κ1) is 13.2. The van der Waals surface area contributed by atoms with Gasteiger partial charge in [-0.2, -0.15) is 0 Å². The molecule has 1 amide bonds. The van der Waals surface area contributed by atoms with Gasteiger partial charge >= 0.3 is 6.09 Å². The normalized spacial score (nSPS) is 26.4. The molecule has 0 aliphatic heterocycles. The summed E-state index contributed by atoms with van der Waals surface area (Å²) in [7, 11) is 0. The van der Waals surface area contributed by atoms with E-state index in [1.807, 2.05) is 0 Å². The number of hydrogen-bond donors (Lipinski definition) is 2. The Balaban J connectivity index is 2.19. The Hall–Kier alpha value is -0.910. The smallest absolute Gasteiger partial charge is 0.404 e. The zero-order valence-electron chi connectivity index (χ0n) is 9.34. The fourth-order valence-electron chi connectivity index (χ4n) is 1.87. The van der Waals surface area contributed by atoms with Crippen LogP contribution in [-0.2, 0) is 4.74 Å². The standard InChI is InChI=1S/C10H18F2N2O2/c1-10(11,12)6-14-7-2-4-8(5-3-7)16-9(13)15/h7-8,14H,2-6H2,1H3,(H2,13,15). The number of carbonyl (C=O) groups excluding carboxylic acids is 1. The first-order valence-corrected chi connectivity index (χ1v) is 5.44. The first-order chi connectivity index (χ1) is 7.37. The fraction of sp³-hybridized carbons (Fsp3) is 0.900. The van der Waals surface area contributed by atoms with Gasteiger partial charge in [0.1, 0.15) is 6.10 Å². The van der Waals surface area contributed by atoms with Crippen molar-refractivity contribution >= 4 is 6.09 Å². The predicted octanol–water partition coefficient (Wildman–Crippen LogP) is 1.64. The maximum absolute atomic E-state index is 12.6. The molecule has 6 heteroatoms. The lowest BCUT2D eigenvalue weighted by molar-refractivity contribution is 0.0157. The van der Waals surface area contributed by atoms with Crippen molar-refractivity contribution in [3.63, 3.8) is 0 Å². The highest BCUT2D eigenvalue weighted by Gasteiger charge is 2.26. The Kier molecular flexibility index (Phi) is 4.46. The molecule has 1 aliphatic rings. The van der Waals surface area contributed by atoms with Crippen molar-refractivity contribution in [3.8, 4) is 0 Å². The number of amides is 1. The predicted molar refractivity (Wildman–Crippen MR) is 55.3 cm³/mol. The fourth-order valence-corrected chi connectivity index (χ4v) is 1.87. The van der Waals surface area contributed by atoms with Crippen molar-refractivity contribution in [2.75, 3.05) is 6.54 Å². The highest BCUT2D eigenvalue weighted by Crippen LogP contribution is 2.22. The third-order valence-electron chi connectivity index (χ3n) is 2.66. The third kappa shape index (κ3) is 5.25. The molecule has 0 aromatic rings. The highest BCUT2D eigenvalue weighted by atomic mass is 19.3. The molecule has 0 unspecified atom stereocenters. The minimum atomic E-state index is -2.68. The van der Waals surface area contributed by atoms with E-state index in [0.29, 0.717) is 12.8 Å². The Labute approximate surface area is 93.5 Å². The highest BCUT2D eigenvalue weighted by molar-refractivity contribution is 5.64. The number of halogens is 2. The van der Waals surface area contributed by atoms with Gasteiger partial charge in [-0.1, -0.05) is 0 Å². The van der Waals surface area contributed by atoms with E-state index in [0.717, 1.165) is 19.8 Å². The quantitative estimate of drug-likeness (QED) is 0.779. The maximum atomic E-state index is 12.6. The van der Waals surface area contributed by atoms with Crippen molar-refractivity contribution in [1.82, 2.24) is 5.32 Å². The van der Waals surface area contributed by atoms with E-state index in [-0.39, 0.29) is 18.7 Å². The molecule has 0 heterocycles. The summed E-state index contributed by atoms with van der Waals surface area (Å²) in [6.45, 7) is 0.584. The first-order valence-electron chi connectivity index (χ1n) is 5.44. The molecule has 94 valence electrons. The van der Waals surface area contributed by atoms with Crippen LogP contribution in [0.2, 0.25) is 0 Å². The molecule has 0 aromatic carbocycles. The summed E-state index contributed by atoms with van der Waals surface area (Å²) < 4.78 is 30.0. The number of alkyl halides is 2. The van der Waals surface area contributed by atoms with E-state index in [4.69, 9.17) is 10.5 Å². The van der Waals surface area contributed by atoms with E-state index in [1.54, 1.807) is 0 Å². The van der Waals surface area contributed by atoms with E-state index in [1.165, 1.54) is 0 Å². The van der Waals surface area contributed by atoms with Crippen molar-refractivity contribution in [1.29, 1.82) is 0 Å². The number of nitrogens with two attached hydrogens (primary N) is 1. The lowest BCUT2D eigenvalue weighted by atomic mass is 9.93. The van der Waals surface area contributed by atoms with Crippen molar-refractivity contribution in [2.45, 2.75) is 50.7 Å². The lowest BCUT2D eigenvalue weighted by Crippen LogP contribution is -2.41. The molecule has 1 fully saturated rings. The summed E-state index contributed by atoms with van der Waals surface area (Å²) in [6, 6.07) is 0.0820. The van der Waals surface area contributed by atoms with Crippen LogP contribution in [0.15, 0.2) is 0 Å². The van der Waals surface area contributed by atoms with Crippen LogP contribution in [0.1, 0.15) is 32.6 Å². The monoisotopic (exact) mass is 236 g/mol. The van der Waals surface area contributed by atoms with Crippen molar-refractivity contribution < 1.29 is 18.3 Å². The second kappa shape index (κ2) is 5.43. The third-order valence-corrected chi connectivity index (χ3v) is 2.66. The largest absolute Gasteiger partial charge is 0.446 e. The van der Waals surface area contributed by atoms with Gasteiger partial charge in [0.15, 0.2) is 0 Å². The topological polar surface area (TPSA) is 64.3 Å². The minimum Gasteiger partial charge on any atom is -0.446 e. The molecule has 0 atom stereocenters. The minimum absolute atomic E-state index is 0.0820. The van der Waals surface area contributed by atoms with Gasteiger partial charge in [0.25, 0.3) is 5.92 Å². The molecule has 1 saturated carbocycles. The molecule has 3 N–H and O–H groups in total. The van der Waals surface area contributed by atoms with Gasteiger partial charge in [-0.25, -0.2) is 13.6 Å². The van der Waals surface area contributed by atoms with Gasteiger partial charge < -0.3 is 15.8 Å². The number of primary amides is 1. The van der Waals surface area contributed by atoms with Gasteiger partial charge in [0.05, 0.1) is 6.54 Å². The van der Waals surface area contributed by atoms with Crippen LogP contribution in [0, 0.1) is 0 Å². The summed E-state index contributed by atoms with van der Waals surface area (Å²) in [5.41, 5.74) is 4.90. The van der Waals surface area contributed by atoms with Crippen molar-refractivity contribution in [3.05, 3.63) is 0 Å². The SMILES string of the molecule is CC(F)(F)CNC1CCC(OC(N)=O)CC1. The molecule has 16 heavy (non-hydrogen) atoms. The van der Waals surface area contributed by atoms with Crippen LogP contribution in [0.25, 0.3) is 0 Å².